The topological polar surface area (TPSA) is 50.5 Å². The fraction of sp³-hybridized carbons (Fsp3) is 0.316. The first kappa shape index (κ1) is 16.1. The number of piperidine rings is 1. The molecule has 1 aromatic carbocycles. The molecule has 0 N–H and O–H groups in total. The maximum absolute atomic E-state index is 12.9. The van der Waals surface area contributed by atoms with Crippen molar-refractivity contribution in [1.29, 1.82) is 0 Å². The number of amides is 1. The number of fused-ring (bicyclic) bond motifs is 1. The van der Waals surface area contributed by atoms with E-state index in [1.54, 1.807) is 11.8 Å². The molecule has 2 aromatic heterocycles. The fourth-order valence-corrected chi connectivity index (χ4v) is 3.84. The van der Waals surface area contributed by atoms with E-state index < -0.39 is 0 Å². The van der Waals surface area contributed by atoms with Crippen molar-refractivity contribution in [1.82, 2.24) is 19.5 Å². The first-order valence-corrected chi connectivity index (χ1v) is 9.72. The molecule has 6 heteroatoms. The standard InChI is InChI=1S/C19H20N4OS/c1-25-16-9-7-14(8-10-16)19(24)22-11-4-5-15(13-22)18-21-20-17-6-2-3-12-23(17)18/h2-3,6-10,12,15H,4-5,11,13H2,1H3. The molecule has 0 bridgehead atoms. The summed E-state index contributed by atoms with van der Waals surface area (Å²) in [6.45, 7) is 1.50. The lowest BCUT2D eigenvalue weighted by Crippen LogP contribution is -2.39. The summed E-state index contributed by atoms with van der Waals surface area (Å²) in [6, 6.07) is 13.8. The molecule has 1 saturated heterocycles. The third-order valence-electron chi connectivity index (χ3n) is 4.75. The number of hydrogen-bond donors (Lipinski definition) is 0. The Morgan fingerprint density at radius 1 is 1.16 bits per heavy atom. The number of pyridine rings is 1. The molecule has 1 unspecified atom stereocenters. The molecule has 4 rings (SSSR count). The Labute approximate surface area is 151 Å². The van der Waals surface area contributed by atoms with Gasteiger partial charge in [-0.2, -0.15) is 0 Å². The monoisotopic (exact) mass is 352 g/mol. The number of rotatable bonds is 3. The quantitative estimate of drug-likeness (QED) is 0.677. The summed E-state index contributed by atoms with van der Waals surface area (Å²) in [5, 5.41) is 8.63. The highest BCUT2D eigenvalue weighted by atomic mass is 32.2. The van der Waals surface area contributed by atoms with Crippen LogP contribution in [0.2, 0.25) is 0 Å². The van der Waals surface area contributed by atoms with Gasteiger partial charge in [0, 0.05) is 35.7 Å². The highest BCUT2D eigenvalue weighted by molar-refractivity contribution is 7.98. The number of aromatic nitrogens is 3. The summed E-state index contributed by atoms with van der Waals surface area (Å²) < 4.78 is 2.03. The number of hydrogen-bond acceptors (Lipinski definition) is 4. The van der Waals surface area contributed by atoms with Crippen LogP contribution in [0.5, 0.6) is 0 Å². The van der Waals surface area contributed by atoms with E-state index in [0.717, 1.165) is 36.4 Å². The highest BCUT2D eigenvalue weighted by Crippen LogP contribution is 2.27. The van der Waals surface area contributed by atoms with Gasteiger partial charge in [0.15, 0.2) is 5.65 Å². The van der Waals surface area contributed by atoms with Crippen molar-refractivity contribution in [3.05, 3.63) is 60.0 Å². The first-order valence-electron chi connectivity index (χ1n) is 8.49. The van der Waals surface area contributed by atoms with E-state index in [1.165, 1.54) is 4.90 Å². The van der Waals surface area contributed by atoms with Crippen LogP contribution in [-0.4, -0.2) is 44.8 Å². The zero-order valence-electron chi connectivity index (χ0n) is 14.1. The van der Waals surface area contributed by atoms with Gasteiger partial charge in [-0.05, 0) is 55.5 Å². The molecule has 1 fully saturated rings. The molecule has 1 amide bonds. The lowest BCUT2D eigenvalue weighted by Gasteiger charge is -2.32. The number of nitrogens with zero attached hydrogens (tertiary/aromatic N) is 4. The van der Waals surface area contributed by atoms with Gasteiger partial charge < -0.3 is 4.90 Å². The van der Waals surface area contributed by atoms with Crippen LogP contribution < -0.4 is 0 Å². The van der Waals surface area contributed by atoms with Crippen LogP contribution >= 0.6 is 11.8 Å². The Balaban J connectivity index is 1.55. The summed E-state index contributed by atoms with van der Waals surface area (Å²) >= 11 is 1.68. The van der Waals surface area contributed by atoms with Gasteiger partial charge in [0.2, 0.25) is 0 Å². The van der Waals surface area contributed by atoms with Crippen molar-refractivity contribution >= 4 is 23.3 Å². The molecule has 1 aliphatic rings. The summed E-state index contributed by atoms with van der Waals surface area (Å²) in [4.78, 5) is 16.0. The van der Waals surface area contributed by atoms with E-state index >= 15 is 0 Å². The van der Waals surface area contributed by atoms with E-state index in [0.29, 0.717) is 6.54 Å². The maximum atomic E-state index is 12.9. The van der Waals surface area contributed by atoms with E-state index in [1.807, 2.05) is 64.2 Å². The smallest absolute Gasteiger partial charge is 0.253 e. The van der Waals surface area contributed by atoms with Gasteiger partial charge in [0.25, 0.3) is 5.91 Å². The van der Waals surface area contributed by atoms with Gasteiger partial charge in [0.05, 0.1) is 0 Å². The zero-order chi connectivity index (χ0) is 17.2. The lowest BCUT2D eigenvalue weighted by atomic mass is 9.96. The van der Waals surface area contributed by atoms with Crippen molar-refractivity contribution in [2.24, 2.45) is 0 Å². The van der Waals surface area contributed by atoms with Crippen molar-refractivity contribution < 1.29 is 4.79 Å². The Morgan fingerprint density at radius 3 is 2.80 bits per heavy atom. The second kappa shape index (κ2) is 6.88. The van der Waals surface area contributed by atoms with Crippen molar-refractivity contribution in [2.75, 3.05) is 19.3 Å². The number of likely N-dealkylation sites (tertiary alicyclic amines) is 1. The van der Waals surface area contributed by atoms with Gasteiger partial charge in [-0.25, -0.2) is 0 Å². The first-order chi connectivity index (χ1) is 12.3. The molecule has 1 aliphatic heterocycles. The van der Waals surface area contributed by atoms with Crippen molar-refractivity contribution in [2.45, 2.75) is 23.7 Å². The minimum atomic E-state index is 0.103. The van der Waals surface area contributed by atoms with Crippen LogP contribution in [0.1, 0.15) is 34.9 Å². The van der Waals surface area contributed by atoms with Gasteiger partial charge in [-0.1, -0.05) is 6.07 Å². The largest absolute Gasteiger partial charge is 0.338 e. The van der Waals surface area contributed by atoms with Gasteiger partial charge >= 0.3 is 0 Å². The van der Waals surface area contributed by atoms with E-state index in [2.05, 4.69) is 10.2 Å². The summed E-state index contributed by atoms with van der Waals surface area (Å²) in [6.07, 6.45) is 6.05. The summed E-state index contributed by atoms with van der Waals surface area (Å²) in [5.74, 6) is 1.28. The Morgan fingerprint density at radius 2 is 2.00 bits per heavy atom. The summed E-state index contributed by atoms with van der Waals surface area (Å²) in [5.41, 5.74) is 1.61. The van der Waals surface area contributed by atoms with Gasteiger partial charge in [-0.3, -0.25) is 9.20 Å². The van der Waals surface area contributed by atoms with E-state index in [4.69, 9.17) is 0 Å². The second-order valence-corrected chi connectivity index (χ2v) is 7.19. The molecule has 128 valence electrons. The Hall–Kier alpha value is -2.34. The highest BCUT2D eigenvalue weighted by Gasteiger charge is 2.28. The molecule has 3 aromatic rings. The third-order valence-corrected chi connectivity index (χ3v) is 5.49. The van der Waals surface area contributed by atoms with E-state index in [9.17, 15) is 4.79 Å². The third kappa shape index (κ3) is 3.14. The summed E-state index contributed by atoms with van der Waals surface area (Å²) in [7, 11) is 0. The molecule has 0 spiro atoms. The lowest BCUT2D eigenvalue weighted by molar-refractivity contribution is 0.0704. The van der Waals surface area contributed by atoms with Gasteiger partial charge in [-0.15, -0.1) is 22.0 Å². The Bertz CT molecular complexity index is 890. The predicted molar refractivity (Wildman–Crippen MR) is 99.1 cm³/mol. The normalized spacial score (nSPS) is 17.8. The molecule has 3 heterocycles. The molecule has 5 nitrogen and oxygen atoms in total. The van der Waals surface area contributed by atoms with Crippen LogP contribution in [-0.2, 0) is 0 Å². The number of benzene rings is 1. The molecule has 0 radical (unpaired) electrons. The average molecular weight is 352 g/mol. The number of thioether (sulfide) groups is 1. The SMILES string of the molecule is CSc1ccc(C(=O)N2CCCC(c3nnc4ccccn34)C2)cc1. The molecule has 0 aliphatic carbocycles. The molecule has 25 heavy (non-hydrogen) atoms. The number of carbonyl (C=O) groups excluding carboxylic acids is 1. The van der Waals surface area contributed by atoms with Crippen LogP contribution in [0.4, 0.5) is 0 Å². The maximum Gasteiger partial charge on any atom is 0.253 e. The minimum absolute atomic E-state index is 0.103. The van der Waals surface area contributed by atoms with Crippen LogP contribution in [0, 0.1) is 0 Å². The number of carbonyl (C=O) groups is 1. The van der Waals surface area contributed by atoms with Crippen molar-refractivity contribution in [3.8, 4) is 0 Å². The molecule has 0 saturated carbocycles. The fourth-order valence-electron chi connectivity index (χ4n) is 3.43. The van der Waals surface area contributed by atoms with Crippen molar-refractivity contribution in [3.63, 3.8) is 0 Å². The van der Waals surface area contributed by atoms with Crippen LogP contribution in [0.15, 0.2) is 53.6 Å². The van der Waals surface area contributed by atoms with Crippen LogP contribution in [0.3, 0.4) is 0 Å². The van der Waals surface area contributed by atoms with Gasteiger partial charge in [0.1, 0.15) is 5.82 Å². The minimum Gasteiger partial charge on any atom is -0.338 e. The van der Waals surface area contributed by atoms with E-state index in [-0.39, 0.29) is 11.8 Å². The molecular formula is C19H20N4OS. The Kier molecular flexibility index (Phi) is 4.44. The zero-order valence-corrected chi connectivity index (χ0v) is 14.9. The molecular weight excluding hydrogens is 332 g/mol. The average Bonchev–Trinajstić information content (AvgIpc) is 3.12. The second-order valence-electron chi connectivity index (χ2n) is 6.31. The molecule has 1 atom stereocenters. The van der Waals surface area contributed by atoms with Crippen LogP contribution in [0.25, 0.3) is 5.65 Å². The predicted octanol–water partition coefficient (Wildman–Crippen LogP) is 3.47.